The summed E-state index contributed by atoms with van der Waals surface area (Å²) in [6.45, 7) is 1.87. The van der Waals surface area contributed by atoms with Crippen molar-refractivity contribution in [2.45, 2.75) is 13.1 Å². The van der Waals surface area contributed by atoms with Crippen LogP contribution in [0.3, 0.4) is 0 Å². The van der Waals surface area contributed by atoms with Crippen LogP contribution in [0.25, 0.3) is 66.5 Å². The van der Waals surface area contributed by atoms with Gasteiger partial charge in [0.1, 0.15) is 11.3 Å². The lowest BCUT2D eigenvalue weighted by atomic mass is 9.92. The van der Waals surface area contributed by atoms with Crippen LogP contribution in [0.2, 0.25) is 0 Å². The summed E-state index contributed by atoms with van der Waals surface area (Å²) in [6.07, 6.45) is -2.92. The molecule has 0 aliphatic carbocycles. The molecule has 41 heavy (non-hydrogen) atoms. The molecular formula is C34H21F3N2O2. The molecule has 1 N–H and O–H groups in total. The van der Waals surface area contributed by atoms with Crippen molar-refractivity contribution in [3.63, 3.8) is 0 Å². The molecule has 0 bridgehead atoms. The topological polar surface area (TPSA) is 59.2 Å². The number of hydrogen-bond donors (Lipinski definition) is 1. The zero-order valence-electron chi connectivity index (χ0n) is 21.7. The second kappa shape index (κ2) is 9.20. The Morgan fingerprint density at radius 2 is 1.56 bits per heavy atom. The fourth-order valence-electron chi connectivity index (χ4n) is 5.41. The van der Waals surface area contributed by atoms with Crippen molar-refractivity contribution < 1.29 is 22.7 Å². The first kappa shape index (κ1) is 24.8. The van der Waals surface area contributed by atoms with Gasteiger partial charge in [0.2, 0.25) is 5.89 Å². The number of benzene rings is 5. The van der Waals surface area contributed by atoms with Crippen LogP contribution in [-0.2, 0) is 6.18 Å². The number of fused-ring (bicyclic) bond motifs is 3. The maximum absolute atomic E-state index is 13.8. The molecule has 0 saturated carbocycles. The van der Waals surface area contributed by atoms with E-state index in [9.17, 15) is 18.3 Å². The van der Waals surface area contributed by atoms with Crippen molar-refractivity contribution in [2.75, 3.05) is 0 Å². The first-order chi connectivity index (χ1) is 19.8. The number of oxazole rings is 1. The van der Waals surface area contributed by atoms with Gasteiger partial charge in [-0.15, -0.1) is 0 Å². The Hall–Kier alpha value is -5.17. The number of rotatable bonds is 3. The molecule has 0 aliphatic heterocycles. The van der Waals surface area contributed by atoms with Crippen LogP contribution in [0.4, 0.5) is 13.2 Å². The van der Waals surface area contributed by atoms with E-state index in [-0.39, 0.29) is 11.6 Å². The number of alkyl halides is 3. The van der Waals surface area contributed by atoms with Crippen LogP contribution in [0.1, 0.15) is 11.1 Å². The molecule has 0 aliphatic rings. The van der Waals surface area contributed by atoms with Crippen LogP contribution in [0, 0.1) is 6.92 Å². The summed E-state index contributed by atoms with van der Waals surface area (Å²) in [5.74, 6) is 0.334. The molecule has 4 nitrogen and oxygen atoms in total. The molecule has 7 aromatic rings. The van der Waals surface area contributed by atoms with E-state index in [2.05, 4.69) is 4.98 Å². The van der Waals surface area contributed by atoms with E-state index in [4.69, 9.17) is 9.40 Å². The van der Waals surface area contributed by atoms with Gasteiger partial charge in [0, 0.05) is 22.7 Å². The van der Waals surface area contributed by atoms with Gasteiger partial charge in [-0.05, 0) is 70.8 Å². The number of hydrogen-bond acceptors (Lipinski definition) is 4. The number of aryl methyl sites for hydroxylation is 1. The molecule has 7 rings (SSSR count). The third-order valence-corrected chi connectivity index (χ3v) is 7.41. The highest BCUT2D eigenvalue weighted by Crippen LogP contribution is 2.41. The van der Waals surface area contributed by atoms with E-state index in [0.717, 1.165) is 33.5 Å². The zero-order valence-corrected chi connectivity index (χ0v) is 21.7. The molecule has 0 radical (unpaired) electrons. The Balaban J connectivity index is 1.43. The Kier molecular flexibility index (Phi) is 5.57. The van der Waals surface area contributed by atoms with Crippen molar-refractivity contribution >= 4 is 32.8 Å². The lowest BCUT2D eigenvalue weighted by molar-refractivity contribution is -0.137. The van der Waals surface area contributed by atoms with Crippen LogP contribution in [-0.4, -0.2) is 15.1 Å². The average molecular weight is 547 g/mol. The number of halogens is 3. The molecule has 0 saturated heterocycles. The van der Waals surface area contributed by atoms with Crippen molar-refractivity contribution in [3.05, 3.63) is 114 Å². The molecule has 0 spiro atoms. The van der Waals surface area contributed by atoms with Crippen molar-refractivity contribution in [2.24, 2.45) is 0 Å². The highest BCUT2D eigenvalue weighted by atomic mass is 19.4. The molecule has 2 aromatic heterocycles. The lowest BCUT2D eigenvalue weighted by Crippen LogP contribution is -2.05. The van der Waals surface area contributed by atoms with Gasteiger partial charge < -0.3 is 9.52 Å². The van der Waals surface area contributed by atoms with Crippen LogP contribution >= 0.6 is 0 Å². The molecular weight excluding hydrogens is 525 g/mol. The Morgan fingerprint density at radius 3 is 2.41 bits per heavy atom. The van der Waals surface area contributed by atoms with E-state index >= 15 is 0 Å². The maximum Gasteiger partial charge on any atom is 0.416 e. The van der Waals surface area contributed by atoms with Gasteiger partial charge in [0.05, 0.1) is 16.6 Å². The molecule has 0 atom stereocenters. The first-order valence-corrected chi connectivity index (χ1v) is 13.0. The van der Waals surface area contributed by atoms with Crippen LogP contribution < -0.4 is 0 Å². The van der Waals surface area contributed by atoms with Crippen molar-refractivity contribution in [1.29, 1.82) is 0 Å². The van der Waals surface area contributed by atoms with Gasteiger partial charge in [-0.3, -0.25) is 4.98 Å². The van der Waals surface area contributed by atoms with Crippen molar-refractivity contribution in [3.8, 4) is 39.5 Å². The average Bonchev–Trinajstić information content (AvgIpc) is 3.40. The largest absolute Gasteiger partial charge is 0.507 e. The quantitative estimate of drug-likeness (QED) is 0.240. The molecule has 0 unspecified atom stereocenters. The third-order valence-electron chi connectivity index (χ3n) is 7.41. The zero-order chi connectivity index (χ0) is 28.3. The molecule has 200 valence electrons. The van der Waals surface area contributed by atoms with E-state index in [0.29, 0.717) is 38.7 Å². The summed E-state index contributed by atoms with van der Waals surface area (Å²) >= 11 is 0. The minimum absolute atomic E-state index is 0.0540. The van der Waals surface area contributed by atoms with Gasteiger partial charge >= 0.3 is 6.18 Å². The van der Waals surface area contributed by atoms with Crippen molar-refractivity contribution in [1.82, 2.24) is 9.97 Å². The third kappa shape index (κ3) is 4.17. The number of para-hydroxylation sites is 1. The van der Waals surface area contributed by atoms with Crippen LogP contribution in [0.5, 0.6) is 5.75 Å². The normalized spacial score (nSPS) is 12.0. The summed E-state index contributed by atoms with van der Waals surface area (Å²) in [4.78, 5) is 9.23. The van der Waals surface area contributed by atoms with Gasteiger partial charge in [-0.2, -0.15) is 13.2 Å². The van der Waals surface area contributed by atoms with Gasteiger partial charge in [-0.25, -0.2) is 4.98 Å². The second-order valence-electron chi connectivity index (χ2n) is 9.98. The Morgan fingerprint density at radius 1 is 0.732 bits per heavy atom. The number of phenols is 1. The summed E-state index contributed by atoms with van der Waals surface area (Å²) in [5.41, 5.74) is 4.75. The first-order valence-electron chi connectivity index (χ1n) is 13.0. The summed E-state index contributed by atoms with van der Waals surface area (Å²) in [5, 5.41) is 12.9. The van der Waals surface area contributed by atoms with E-state index in [1.54, 1.807) is 30.5 Å². The fourth-order valence-corrected chi connectivity index (χ4v) is 5.41. The number of phenolic OH excluding ortho intramolecular Hbond substituents is 1. The minimum atomic E-state index is -4.50. The number of aromatic nitrogens is 2. The standard InChI is InChI=1S/C34H21F3N2O2/c1-19-11-12-21(17-26(19)27-18-23(34(35,36)37)16-22-7-5-15-38-31(22)27)25-9-4-10-29-32(25)39-33(41-29)30-24-8-3-2-6-20(24)13-14-28(30)40/h2-18,40H,1H3. The highest BCUT2D eigenvalue weighted by Gasteiger charge is 2.32. The number of nitrogens with zero attached hydrogens (tertiary/aromatic N) is 2. The lowest BCUT2D eigenvalue weighted by Gasteiger charge is -2.15. The monoisotopic (exact) mass is 546 g/mol. The molecule has 7 heteroatoms. The van der Waals surface area contributed by atoms with E-state index in [1.165, 1.54) is 6.07 Å². The predicted octanol–water partition coefficient (Wildman–Crippen LogP) is 9.56. The molecule has 5 aromatic carbocycles. The van der Waals surface area contributed by atoms with Crippen LogP contribution in [0.15, 0.2) is 108 Å². The number of aromatic hydroxyl groups is 1. The minimum Gasteiger partial charge on any atom is -0.507 e. The van der Waals surface area contributed by atoms with E-state index in [1.807, 2.05) is 67.6 Å². The Labute approximate surface area is 232 Å². The maximum atomic E-state index is 13.8. The smallest absolute Gasteiger partial charge is 0.416 e. The summed E-state index contributed by atoms with van der Waals surface area (Å²) in [7, 11) is 0. The second-order valence-corrected chi connectivity index (χ2v) is 9.98. The molecule has 0 amide bonds. The SMILES string of the molecule is Cc1ccc(-c2cccc3oc(-c4c(O)ccc5ccccc45)nc23)cc1-c1cc(C(F)(F)F)cc2cccnc12. The fraction of sp³-hybridized carbons (Fsp3) is 0.0588. The highest BCUT2D eigenvalue weighted by molar-refractivity contribution is 6.01. The van der Waals surface area contributed by atoms with Gasteiger partial charge in [-0.1, -0.05) is 60.7 Å². The molecule has 2 heterocycles. The molecule has 0 fully saturated rings. The van der Waals surface area contributed by atoms with Gasteiger partial charge in [0.15, 0.2) is 5.58 Å². The predicted molar refractivity (Wildman–Crippen MR) is 155 cm³/mol. The van der Waals surface area contributed by atoms with E-state index < -0.39 is 11.7 Å². The Bertz CT molecular complexity index is 2130. The summed E-state index contributed by atoms with van der Waals surface area (Å²) in [6, 6.07) is 27.9. The van der Waals surface area contributed by atoms with Gasteiger partial charge in [0.25, 0.3) is 0 Å². The summed E-state index contributed by atoms with van der Waals surface area (Å²) < 4.78 is 47.7. The number of pyridine rings is 1.